The molecule has 0 fully saturated rings. The van der Waals surface area contributed by atoms with Crippen molar-refractivity contribution >= 4 is 39.9 Å². The van der Waals surface area contributed by atoms with Gasteiger partial charge < -0.3 is 34.9 Å². The molecule has 0 bridgehead atoms. The van der Waals surface area contributed by atoms with Crippen molar-refractivity contribution < 1.29 is 33.3 Å². The molecule has 258 valence electrons. The Balaban J connectivity index is 1.45. The van der Waals surface area contributed by atoms with Crippen molar-refractivity contribution in [2.75, 3.05) is 45.6 Å². The van der Waals surface area contributed by atoms with E-state index in [1.807, 2.05) is 26.0 Å². The second-order valence-electron chi connectivity index (χ2n) is 11.8. The van der Waals surface area contributed by atoms with Crippen LogP contribution < -0.4 is 35.6 Å². The molecule has 1 aromatic heterocycles. The van der Waals surface area contributed by atoms with Gasteiger partial charge in [0.05, 0.1) is 40.2 Å². The van der Waals surface area contributed by atoms with Gasteiger partial charge in [0.15, 0.2) is 22.3 Å². The van der Waals surface area contributed by atoms with Crippen molar-refractivity contribution in [3.63, 3.8) is 0 Å². The molecule has 1 heterocycles. The maximum absolute atomic E-state index is 13.5. The largest absolute Gasteiger partial charge is 0.493 e. The number of fused-ring (bicyclic) bond motifs is 3. The fraction of sp³-hybridized carbons (Fsp3) is 0.457. The summed E-state index contributed by atoms with van der Waals surface area (Å²) in [6.45, 7) is 5.89. The molecule has 0 saturated heterocycles. The Bertz CT molecular complexity index is 1720. The lowest BCUT2D eigenvalue weighted by Crippen LogP contribution is -2.26. The monoisotopic (exact) mass is 680 g/mol. The number of benzene rings is 1. The van der Waals surface area contributed by atoms with Crippen molar-refractivity contribution in [2.24, 2.45) is 0 Å². The molecule has 0 spiro atoms. The minimum atomic E-state index is -0.523. The van der Waals surface area contributed by atoms with E-state index in [2.05, 4.69) is 20.9 Å². The number of hydrogen-bond donors (Lipinski definition) is 3. The fourth-order valence-corrected chi connectivity index (χ4v) is 6.84. The van der Waals surface area contributed by atoms with E-state index in [-0.39, 0.29) is 34.9 Å². The number of anilines is 2. The summed E-state index contributed by atoms with van der Waals surface area (Å²) in [5.74, 6) is 0.646. The Morgan fingerprint density at radius 1 is 1.00 bits per heavy atom. The fourth-order valence-electron chi connectivity index (χ4n) is 5.87. The average Bonchev–Trinajstić information content (AvgIpc) is 3.35. The molecule has 1 aliphatic rings. The summed E-state index contributed by atoms with van der Waals surface area (Å²) in [6.07, 6.45) is 3.61. The molecule has 3 aromatic rings. The molecule has 12 nitrogen and oxygen atoms in total. The molecule has 1 atom stereocenters. The first-order chi connectivity index (χ1) is 23.0. The van der Waals surface area contributed by atoms with E-state index in [4.69, 9.17) is 18.9 Å². The third-order valence-electron chi connectivity index (χ3n) is 8.11. The van der Waals surface area contributed by atoms with E-state index < -0.39 is 5.97 Å². The number of nitrogens with one attached hydrogen (secondary N) is 3. The second-order valence-corrected chi connectivity index (χ2v) is 12.8. The quantitative estimate of drug-likeness (QED) is 0.140. The molecule has 3 N–H and O–H groups in total. The molecule has 2 aromatic carbocycles. The zero-order chi connectivity index (χ0) is 35.0. The second kappa shape index (κ2) is 16.4. The summed E-state index contributed by atoms with van der Waals surface area (Å²) in [4.78, 5) is 55.3. The minimum absolute atomic E-state index is 0.0658. The number of unbranched alkanes of at least 4 members (excludes halogenated alkanes) is 2. The summed E-state index contributed by atoms with van der Waals surface area (Å²) in [5, 5.41) is 9.44. The summed E-state index contributed by atoms with van der Waals surface area (Å²) in [7, 11) is 5.98. The molecular formula is C35H44N4O8S. The number of methoxy groups -OCH3 is 4. The number of thiazole rings is 1. The molecule has 0 unspecified atom stereocenters. The smallest absolute Gasteiger partial charge is 0.357 e. The molecule has 48 heavy (non-hydrogen) atoms. The zero-order valence-electron chi connectivity index (χ0n) is 28.5. The highest BCUT2D eigenvalue weighted by Gasteiger charge is 2.29. The molecule has 4 rings (SSSR count). The van der Waals surface area contributed by atoms with Gasteiger partial charge in [-0.2, -0.15) is 0 Å². The first kappa shape index (κ1) is 36.2. The standard InChI is InChI=1S/C35H44N4O8S/c1-19(2)33-30(34(43)47-7)39-35(48-33)38-28(42)11-9-8-10-16-36-25-15-13-22-23(18-26(25)41)24(37-20(3)40)14-12-21-17-27(44-4)31(45-5)32(46-6)29(21)22/h13,15,17-19,24H,8-12,14,16H2,1-7H3,(H,36,41)(H,37,40)(H,38,39,42)/t24-/m1/s1. The summed E-state index contributed by atoms with van der Waals surface area (Å²) in [5.41, 5.74) is 3.65. The van der Waals surface area contributed by atoms with Gasteiger partial charge in [0.25, 0.3) is 0 Å². The van der Waals surface area contributed by atoms with E-state index in [1.165, 1.54) is 25.4 Å². The van der Waals surface area contributed by atoms with Crippen LogP contribution in [0.2, 0.25) is 0 Å². The van der Waals surface area contributed by atoms with E-state index in [0.717, 1.165) is 34.4 Å². The molecule has 13 heteroatoms. The molecule has 2 amide bonds. The van der Waals surface area contributed by atoms with Crippen molar-refractivity contribution in [2.45, 2.75) is 71.3 Å². The third kappa shape index (κ3) is 8.25. The first-order valence-electron chi connectivity index (χ1n) is 15.9. The van der Waals surface area contributed by atoms with Crippen molar-refractivity contribution in [3.8, 4) is 28.4 Å². The number of carbonyl (C=O) groups is 3. The minimum Gasteiger partial charge on any atom is -0.493 e. The van der Waals surface area contributed by atoms with Crippen LogP contribution in [0.4, 0.5) is 10.8 Å². The summed E-state index contributed by atoms with van der Waals surface area (Å²) >= 11 is 1.28. The van der Waals surface area contributed by atoms with Gasteiger partial charge in [0.2, 0.25) is 23.0 Å². The van der Waals surface area contributed by atoms with Crippen LogP contribution in [0.15, 0.2) is 29.1 Å². The predicted molar refractivity (Wildman–Crippen MR) is 186 cm³/mol. The van der Waals surface area contributed by atoms with Crippen LogP contribution in [0.1, 0.15) is 91.3 Å². The molecule has 1 aliphatic carbocycles. The number of esters is 1. The van der Waals surface area contributed by atoms with Gasteiger partial charge in [-0.1, -0.05) is 26.3 Å². The van der Waals surface area contributed by atoms with E-state index in [1.54, 1.807) is 33.5 Å². The number of aromatic nitrogens is 1. The number of amides is 2. The number of carbonyl (C=O) groups excluding carboxylic acids is 3. The van der Waals surface area contributed by atoms with Crippen LogP contribution >= 0.6 is 11.3 Å². The van der Waals surface area contributed by atoms with Gasteiger partial charge in [-0.3, -0.25) is 14.4 Å². The Labute approximate surface area is 284 Å². The Kier molecular flexibility index (Phi) is 12.4. The number of hydrogen-bond acceptors (Lipinski definition) is 11. The van der Waals surface area contributed by atoms with Gasteiger partial charge in [-0.05, 0) is 66.5 Å². The van der Waals surface area contributed by atoms with Crippen molar-refractivity contribution in [1.82, 2.24) is 10.3 Å². The van der Waals surface area contributed by atoms with Crippen LogP contribution in [0.25, 0.3) is 11.1 Å². The topological polar surface area (TPSA) is 154 Å². The van der Waals surface area contributed by atoms with Crippen LogP contribution in [0.3, 0.4) is 0 Å². The Hall–Kier alpha value is -4.65. The third-order valence-corrected chi connectivity index (χ3v) is 9.39. The van der Waals surface area contributed by atoms with Crippen LogP contribution in [-0.4, -0.2) is 57.8 Å². The highest BCUT2D eigenvalue weighted by molar-refractivity contribution is 7.16. The SMILES string of the molecule is COC(=O)c1nc(NC(=O)CCCCCNc2ccc3c(cc2=O)[C@H](NC(C)=O)CCc2cc(OC)c(OC)c(OC)c2-3)sc1C(C)C. The lowest BCUT2D eigenvalue weighted by Gasteiger charge is -2.19. The summed E-state index contributed by atoms with van der Waals surface area (Å²) < 4.78 is 21.9. The van der Waals surface area contributed by atoms with Crippen molar-refractivity contribution in [3.05, 3.63) is 56.2 Å². The van der Waals surface area contributed by atoms with Crippen LogP contribution in [0, 0.1) is 0 Å². The number of nitrogens with zero attached hydrogens (tertiary/aromatic N) is 1. The Morgan fingerprint density at radius 2 is 1.75 bits per heavy atom. The van der Waals surface area contributed by atoms with Gasteiger partial charge in [-0.25, -0.2) is 9.78 Å². The molecule has 0 aliphatic heterocycles. The lowest BCUT2D eigenvalue weighted by molar-refractivity contribution is -0.119. The van der Waals surface area contributed by atoms with E-state index >= 15 is 0 Å². The highest BCUT2D eigenvalue weighted by atomic mass is 32.1. The normalized spacial score (nSPS) is 13.5. The first-order valence-corrected chi connectivity index (χ1v) is 16.7. The van der Waals surface area contributed by atoms with E-state index in [9.17, 15) is 19.2 Å². The maximum atomic E-state index is 13.5. The average molecular weight is 681 g/mol. The summed E-state index contributed by atoms with van der Waals surface area (Å²) in [6, 6.07) is 6.75. The highest BCUT2D eigenvalue weighted by Crippen LogP contribution is 2.50. The van der Waals surface area contributed by atoms with Crippen LogP contribution in [0.5, 0.6) is 17.2 Å². The number of aryl methyl sites for hydroxylation is 1. The molecule has 0 radical (unpaired) electrons. The van der Waals surface area contributed by atoms with Crippen molar-refractivity contribution in [1.29, 1.82) is 0 Å². The maximum Gasteiger partial charge on any atom is 0.357 e. The number of ether oxygens (including phenoxy) is 4. The number of rotatable bonds is 14. The van der Waals surface area contributed by atoms with Gasteiger partial charge >= 0.3 is 5.97 Å². The van der Waals surface area contributed by atoms with Crippen LogP contribution in [-0.2, 0) is 20.7 Å². The molecular weight excluding hydrogens is 636 g/mol. The molecule has 0 saturated carbocycles. The van der Waals surface area contributed by atoms with E-state index in [0.29, 0.717) is 65.9 Å². The van der Waals surface area contributed by atoms with Gasteiger partial charge in [0, 0.05) is 30.3 Å². The zero-order valence-corrected chi connectivity index (χ0v) is 29.4. The Morgan fingerprint density at radius 3 is 2.40 bits per heavy atom. The van der Waals surface area contributed by atoms with Gasteiger partial charge in [-0.15, -0.1) is 11.3 Å². The predicted octanol–water partition coefficient (Wildman–Crippen LogP) is 5.84. The lowest BCUT2D eigenvalue weighted by atomic mass is 9.95. The van der Waals surface area contributed by atoms with Gasteiger partial charge in [0.1, 0.15) is 0 Å².